The maximum Gasteiger partial charge on any atom is 0.0991 e. The van der Waals surface area contributed by atoms with Crippen LogP contribution in [-0.2, 0) is 0 Å². The molecule has 15 heavy (non-hydrogen) atoms. The van der Waals surface area contributed by atoms with Crippen LogP contribution in [0.1, 0.15) is 25.3 Å². The molecule has 0 atom stereocenters. The minimum atomic E-state index is 0.642. The van der Waals surface area contributed by atoms with Gasteiger partial charge in [-0.15, -0.1) is 0 Å². The van der Waals surface area contributed by atoms with Gasteiger partial charge in [0.25, 0.3) is 0 Å². The van der Waals surface area contributed by atoms with Crippen molar-refractivity contribution in [3.63, 3.8) is 0 Å². The summed E-state index contributed by atoms with van der Waals surface area (Å²) in [5.74, 6) is 0. The first-order valence-electron chi connectivity index (χ1n) is 4.99. The fraction of sp³-hybridized carbons (Fsp3) is 0.364. The number of nitrogens with one attached hydrogen (secondary N) is 1. The highest BCUT2D eigenvalue weighted by atomic mass is 15.4. The molecule has 0 aliphatic heterocycles. The standard InChI is InChI=1S/C11H14N4/c1-2-3-8-13-15-14-11-6-4-10(9-12)5-7-11/h4-7H,2-3,8H2,1H3,(H,13,14). The quantitative estimate of drug-likeness (QED) is 0.453. The van der Waals surface area contributed by atoms with Crippen molar-refractivity contribution in [1.82, 2.24) is 0 Å². The van der Waals surface area contributed by atoms with E-state index < -0.39 is 0 Å². The SMILES string of the molecule is CCCCN=NNc1ccc(C#N)cc1. The van der Waals surface area contributed by atoms with E-state index in [-0.39, 0.29) is 0 Å². The number of nitriles is 1. The Labute approximate surface area is 89.6 Å². The molecule has 0 saturated carbocycles. The van der Waals surface area contributed by atoms with Crippen molar-refractivity contribution in [2.75, 3.05) is 12.0 Å². The molecule has 0 bridgehead atoms. The minimum absolute atomic E-state index is 0.642. The first-order chi connectivity index (χ1) is 7.36. The zero-order chi connectivity index (χ0) is 10.9. The number of unbranched alkanes of at least 4 members (excludes halogenated alkanes) is 1. The Hall–Kier alpha value is -1.89. The normalized spacial score (nSPS) is 10.1. The third-order valence-corrected chi connectivity index (χ3v) is 1.88. The minimum Gasteiger partial charge on any atom is -0.260 e. The number of nitrogens with zero attached hydrogens (tertiary/aromatic N) is 3. The number of benzene rings is 1. The first kappa shape index (κ1) is 11.2. The lowest BCUT2D eigenvalue weighted by molar-refractivity contribution is 0.772. The Morgan fingerprint density at radius 2 is 2.07 bits per heavy atom. The van der Waals surface area contributed by atoms with Gasteiger partial charge in [0.05, 0.1) is 23.9 Å². The highest BCUT2D eigenvalue weighted by molar-refractivity contribution is 5.46. The average molecular weight is 202 g/mol. The van der Waals surface area contributed by atoms with Crippen LogP contribution in [0.25, 0.3) is 0 Å². The van der Waals surface area contributed by atoms with Gasteiger partial charge in [-0.1, -0.05) is 18.6 Å². The van der Waals surface area contributed by atoms with Gasteiger partial charge in [-0.05, 0) is 30.7 Å². The Bertz CT molecular complexity index is 348. The molecule has 78 valence electrons. The summed E-state index contributed by atoms with van der Waals surface area (Å²) in [6, 6.07) is 9.14. The summed E-state index contributed by atoms with van der Waals surface area (Å²) >= 11 is 0. The molecule has 0 radical (unpaired) electrons. The van der Waals surface area contributed by atoms with E-state index in [1.165, 1.54) is 0 Å². The van der Waals surface area contributed by atoms with Gasteiger partial charge >= 0.3 is 0 Å². The summed E-state index contributed by atoms with van der Waals surface area (Å²) in [4.78, 5) is 0. The lowest BCUT2D eigenvalue weighted by Gasteiger charge is -1.97. The molecule has 0 spiro atoms. The van der Waals surface area contributed by atoms with Crippen LogP contribution < -0.4 is 5.43 Å². The molecule has 1 aromatic carbocycles. The Morgan fingerprint density at radius 3 is 2.67 bits per heavy atom. The molecule has 0 amide bonds. The largest absolute Gasteiger partial charge is 0.260 e. The van der Waals surface area contributed by atoms with Crippen LogP contribution in [0.15, 0.2) is 34.6 Å². The third-order valence-electron chi connectivity index (χ3n) is 1.88. The number of rotatable bonds is 5. The molecule has 0 aliphatic carbocycles. The summed E-state index contributed by atoms with van der Waals surface area (Å²) in [6.45, 7) is 2.86. The van der Waals surface area contributed by atoms with E-state index in [1.807, 2.05) is 0 Å². The van der Waals surface area contributed by atoms with Gasteiger partial charge < -0.3 is 0 Å². The lowest BCUT2D eigenvalue weighted by atomic mass is 10.2. The molecular formula is C11H14N4. The molecule has 1 rings (SSSR count). The number of hydrogen-bond acceptors (Lipinski definition) is 3. The summed E-state index contributed by atoms with van der Waals surface area (Å²) in [5.41, 5.74) is 4.29. The Balaban J connectivity index is 2.38. The molecule has 4 nitrogen and oxygen atoms in total. The maximum absolute atomic E-state index is 8.59. The van der Waals surface area contributed by atoms with E-state index in [1.54, 1.807) is 24.3 Å². The van der Waals surface area contributed by atoms with E-state index in [2.05, 4.69) is 28.8 Å². The molecular weight excluding hydrogens is 188 g/mol. The van der Waals surface area contributed by atoms with Crippen LogP contribution in [0.3, 0.4) is 0 Å². The molecule has 0 unspecified atom stereocenters. The third kappa shape index (κ3) is 4.23. The van der Waals surface area contributed by atoms with Crippen LogP contribution >= 0.6 is 0 Å². The van der Waals surface area contributed by atoms with Crippen molar-refractivity contribution < 1.29 is 0 Å². The van der Waals surface area contributed by atoms with E-state index in [0.29, 0.717) is 5.56 Å². The van der Waals surface area contributed by atoms with Crippen LogP contribution in [0.5, 0.6) is 0 Å². The average Bonchev–Trinajstić information content (AvgIpc) is 2.30. The van der Waals surface area contributed by atoms with Gasteiger partial charge in [-0.3, -0.25) is 5.43 Å². The van der Waals surface area contributed by atoms with Crippen LogP contribution in [-0.4, -0.2) is 6.54 Å². The second-order valence-corrected chi connectivity index (χ2v) is 3.12. The Morgan fingerprint density at radius 1 is 1.33 bits per heavy atom. The second kappa shape index (κ2) is 6.55. The van der Waals surface area contributed by atoms with Crippen molar-refractivity contribution in [2.45, 2.75) is 19.8 Å². The van der Waals surface area contributed by atoms with Gasteiger partial charge in [0.2, 0.25) is 0 Å². The topological polar surface area (TPSA) is 60.5 Å². The van der Waals surface area contributed by atoms with E-state index in [9.17, 15) is 0 Å². The van der Waals surface area contributed by atoms with Crippen molar-refractivity contribution in [3.8, 4) is 6.07 Å². The predicted octanol–water partition coefficient (Wildman–Crippen LogP) is 3.14. The number of hydrogen-bond donors (Lipinski definition) is 1. The van der Waals surface area contributed by atoms with Gasteiger partial charge in [0.1, 0.15) is 0 Å². The first-order valence-corrected chi connectivity index (χ1v) is 4.99. The maximum atomic E-state index is 8.59. The summed E-state index contributed by atoms with van der Waals surface area (Å²) in [5, 5.41) is 16.4. The fourth-order valence-corrected chi connectivity index (χ4v) is 0.991. The summed E-state index contributed by atoms with van der Waals surface area (Å²) in [6.07, 6.45) is 2.18. The smallest absolute Gasteiger partial charge is 0.0991 e. The molecule has 0 saturated heterocycles. The molecule has 1 aromatic rings. The molecule has 0 aliphatic rings. The van der Waals surface area contributed by atoms with Crippen molar-refractivity contribution in [3.05, 3.63) is 29.8 Å². The van der Waals surface area contributed by atoms with Gasteiger partial charge in [-0.2, -0.15) is 10.4 Å². The van der Waals surface area contributed by atoms with Crippen molar-refractivity contribution in [2.24, 2.45) is 10.3 Å². The lowest BCUT2D eigenvalue weighted by Crippen LogP contribution is -1.87. The van der Waals surface area contributed by atoms with Crippen LogP contribution in [0.2, 0.25) is 0 Å². The Kier molecular flexibility index (Phi) is 4.88. The molecule has 4 heteroatoms. The predicted molar refractivity (Wildman–Crippen MR) is 59.4 cm³/mol. The van der Waals surface area contributed by atoms with E-state index >= 15 is 0 Å². The molecule has 0 fully saturated rings. The summed E-state index contributed by atoms with van der Waals surface area (Å²) in [7, 11) is 0. The van der Waals surface area contributed by atoms with E-state index in [4.69, 9.17) is 5.26 Å². The molecule has 0 heterocycles. The highest BCUT2D eigenvalue weighted by Crippen LogP contribution is 2.08. The van der Waals surface area contributed by atoms with Gasteiger partial charge in [0.15, 0.2) is 0 Å². The van der Waals surface area contributed by atoms with Crippen LogP contribution in [0, 0.1) is 11.3 Å². The van der Waals surface area contributed by atoms with Gasteiger partial charge in [-0.25, -0.2) is 0 Å². The second-order valence-electron chi connectivity index (χ2n) is 3.12. The number of anilines is 1. The fourth-order valence-electron chi connectivity index (χ4n) is 0.991. The van der Waals surface area contributed by atoms with Gasteiger partial charge in [0, 0.05) is 0 Å². The monoisotopic (exact) mass is 202 g/mol. The van der Waals surface area contributed by atoms with Crippen molar-refractivity contribution in [1.29, 1.82) is 5.26 Å². The molecule has 1 N–H and O–H groups in total. The van der Waals surface area contributed by atoms with Crippen LogP contribution in [0.4, 0.5) is 5.69 Å². The van der Waals surface area contributed by atoms with Crippen molar-refractivity contribution >= 4 is 5.69 Å². The van der Waals surface area contributed by atoms with E-state index in [0.717, 1.165) is 25.1 Å². The highest BCUT2D eigenvalue weighted by Gasteiger charge is 1.90. The zero-order valence-electron chi connectivity index (χ0n) is 8.77. The molecule has 0 aromatic heterocycles. The zero-order valence-corrected chi connectivity index (χ0v) is 8.77. The summed E-state index contributed by atoms with van der Waals surface area (Å²) < 4.78 is 0.